The molecule has 1 aliphatic carbocycles. The Morgan fingerprint density at radius 3 is 2.78 bits per heavy atom. The van der Waals surface area contributed by atoms with E-state index in [0.29, 0.717) is 5.71 Å². The van der Waals surface area contributed by atoms with E-state index in [1.165, 1.54) is 4.90 Å². The third-order valence-corrected chi connectivity index (χ3v) is 6.34. The summed E-state index contributed by atoms with van der Waals surface area (Å²) in [5.41, 5.74) is -0.0379. The van der Waals surface area contributed by atoms with E-state index in [1.807, 2.05) is 0 Å². The average molecular weight is 335 g/mol. The molecule has 1 N–H and O–H groups in total. The first-order valence-corrected chi connectivity index (χ1v) is 9.02. The number of amides is 1. The molecule has 0 aromatic carbocycles. The Balaban J connectivity index is 2.13. The van der Waals surface area contributed by atoms with Crippen molar-refractivity contribution in [1.29, 1.82) is 0 Å². The van der Waals surface area contributed by atoms with Gasteiger partial charge in [0.25, 0.3) is 5.91 Å². The van der Waals surface area contributed by atoms with Gasteiger partial charge in [-0.25, -0.2) is 4.99 Å². The number of aliphatic hydroxyl groups is 1. The number of hydrogen-bond donors (Lipinski definition) is 1. The number of carbonyl (C=O) groups is 1. The molecule has 0 saturated carbocycles. The Morgan fingerprint density at radius 1 is 1.43 bits per heavy atom. The fourth-order valence-electron chi connectivity index (χ4n) is 2.70. The second-order valence-corrected chi connectivity index (χ2v) is 7.63. The first-order chi connectivity index (χ1) is 10.9. The summed E-state index contributed by atoms with van der Waals surface area (Å²) in [6.07, 6.45) is 6.99. The Morgan fingerprint density at radius 2 is 2.17 bits per heavy atom. The molecular formula is C15H18N3O4P. The number of aliphatic hydroxyl groups excluding tert-OH is 1. The molecule has 0 saturated heterocycles. The second-order valence-electron chi connectivity index (χ2n) is 5.48. The quantitative estimate of drug-likeness (QED) is 0.801. The van der Waals surface area contributed by atoms with Crippen LogP contribution in [0.1, 0.15) is 13.8 Å². The molecule has 3 rings (SSSR count). The normalized spacial score (nSPS) is 33.0. The highest BCUT2D eigenvalue weighted by Gasteiger charge is 2.44. The number of amidine groups is 1. The predicted octanol–water partition coefficient (Wildman–Crippen LogP) is 2.24. The molecular weight excluding hydrogens is 317 g/mol. The van der Waals surface area contributed by atoms with Gasteiger partial charge in [0.15, 0.2) is 5.84 Å². The maximum absolute atomic E-state index is 13.1. The molecule has 8 heteroatoms. The number of rotatable bonds is 3. The van der Waals surface area contributed by atoms with Gasteiger partial charge in [-0.3, -0.25) is 9.36 Å². The van der Waals surface area contributed by atoms with Crippen LogP contribution in [0.25, 0.3) is 0 Å². The molecule has 3 unspecified atom stereocenters. The number of hydrogen-bond acceptors (Lipinski definition) is 5. The molecule has 0 aromatic heterocycles. The monoisotopic (exact) mass is 335 g/mol. The van der Waals surface area contributed by atoms with Gasteiger partial charge in [0.1, 0.15) is 17.0 Å². The molecule has 1 amide bonds. The Hall–Kier alpha value is -1.98. The summed E-state index contributed by atoms with van der Waals surface area (Å²) >= 11 is 0. The smallest absolute Gasteiger partial charge is 0.329 e. The molecule has 0 bridgehead atoms. The van der Waals surface area contributed by atoms with Crippen molar-refractivity contribution in [3.8, 4) is 0 Å². The summed E-state index contributed by atoms with van der Waals surface area (Å²) in [5, 5.41) is 10.3. The van der Waals surface area contributed by atoms with Gasteiger partial charge >= 0.3 is 7.52 Å². The minimum absolute atomic E-state index is 0.00571. The molecule has 2 heterocycles. The Kier molecular flexibility index (Phi) is 3.86. The largest absolute Gasteiger partial charge is 0.509 e. The third-order valence-electron chi connectivity index (χ3n) is 4.10. The van der Waals surface area contributed by atoms with Crippen LogP contribution in [-0.2, 0) is 13.9 Å². The van der Waals surface area contributed by atoms with Gasteiger partial charge in [-0.05, 0) is 19.9 Å². The van der Waals surface area contributed by atoms with E-state index in [-0.39, 0.29) is 23.8 Å². The van der Waals surface area contributed by atoms with E-state index in [4.69, 9.17) is 4.52 Å². The summed E-state index contributed by atoms with van der Waals surface area (Å²) in [4.78, 5) is 18.1. The van der Waals surface area contributed by atoms with Gasteiger partial charge in [-0.1, -0.05) is 18.2 Å². The van der Waals surface area contributed by atoms with Gasteiger partial charge in [0.2, 0.25) is 0 Å². The van der Waals surface area contributed by atoms with Gasteiger partial charge in [0, 0.05) is 7.05 Å². The Bertz CT molecular complexity index is 763. The number of fused-ring (bicyclic) bond motifs is 1. The van der Waals surface area contributed by atoms with Gasteiger partial charge in [-0.15, -0.1) is 0 Å². The van der Waals surface area contributed by atoms with Crippen molar-refractivity contribution >= 4 is 25.0 Å². The number of allylic oxidation sites excluding steroid dienone is 4. The fourth-order valence-corrected chi connectivity index (χ4v) is 4.62. The first kappa shape index (κ1) is 15.9. The first-order valence-electron chi connectivity index (χ1n) is 7.37. The zero-order chi connectivity index (χ0) is 16.8. The van der Waals surface area contributed by atoms with Gasteiger partial charge in [-0.2, -0.15) is 4.76 Å². The molecule has 122 valence electrons. The van der Waals surface area contributed by atoms with Crippen molar-refractivity contribution in [3.05, 3.63) is 35.6 Å². The number of nitrogens with zero attached hydrogens (tertiary/aromatic N) is 3. The van der Waals surface area contributed by atoms with E-state index in [1.54, 1.807) is 45.2 Å². The Labute approximate surface area is 134 Å². The lowest BCUT2D eigenvalue weighted by Crippen LogP contribution is -2.31. The van der Waals surface area contributed by atoms with E-state index < -0.39 is 25.1 Å². The molecule has 7 nitrogen and oxygen atoms in total. The minimum Gasteiger partial charge on any atom is -0.509 e. The van der Waals surface area contributed by atoms with E-state index in [0.717, 1.165) is 0 Å². The van der Waals surface area contributed by atoms with Crippen LogP contribution in [0.4, 0.5) is 0 Å². The summed E-state index contributed by atoms with van der Waals surface area (Å²) < 4.78 is 22.7. The van der Waals surface area contributed by atoms with Crippen molar-refractivity contribution in [2.45, 2.75) is 25.5 Å². The van der Waals surface area contributed by atoms with Crippen molar-refractivity contribution in [2.75, 3.05) is 13.7 Å². The third kappa shape index (κ3) is 2.40. The number of carbonyl (C=O) groups excluding carboxylic acids is 1. The predicted molar refractivity (Wildman–Crippen MR) is 88.1 cm³/mol. The molecule has 3 atom stereocenters. The molecule has 3 aliphatic rings. The zero-order valence-electron chi connectivity index (χ0n) is 13.1. The van der Waals surface area contributed by atoms with Crippen LogP contribution in [0.5, 0.6) is 0 Å². The standard InChI is InChI=1S/C15H18N3O4P/c1-4-22-23(21)11-8-6-5-7-10(11)16-14(17-23)12-13(19)9(2)18(3)15(12)20/h5-9,11,19H,4H2,1-3H3. The van der Waals surface area contributed by atoms with Crippen LogP contribution < -0.4 is 0 Å². The second kappa shape index (κ2) is 5.58. The molecule has 0 spiro atoms. The summed E-state index contributed by atoms with van der Waals surface area (Å²) in [5.74, 6) is -0.529. The van der Waals surface area contributed by atoms with Crippen molar-refractivity contribution < 1.29 is 19.0 Å². The minimum atomic E-state index is -3.44. The maximum Gasteiger partial charge on any atom is 0.329 e. The van der Waals surface area contributed by atoms with Crippen LogP contribution in [0, 0.1) is 0 Å². The van der Waals surface area contributed by atoms with Crippen LogP contribution in [0.3, 0.4) is 0 Å². The molecule has 0 fully saturated rings. The molecule has 0 aromatic rings. The van der Waals surface area contributed by atoms with Crippen LogP contribution >= 0.6 is 7.52 Å². The van der Waals surface area contributed by atoms with Crippen molar-refractivity contribution in [2.24, 2.45) is 9.76 Å². The van der Waals surface area contributed by atoms with E-state index in [9.17, 15) is 14.5 Å². The number of likely N-dealkylation sites (N-methyl/N-ethyl adjacent to an activating group) is 1. The maximum atomic E-state index is 13.1. The van der Waals surface area contributed by atoms with Crippen molar-refractivity contribution in [3.63, 3.8) is 0 Å². The SMILES string of the molecule is CCOP1(=O)N=C(C2=C(O)C(C)N(C)C2=O)N=C2C=CC=CC21. The lowest BCUT2D eigenvalue weighted by Gasteiger charge is -2.27. The summed E-state index contributed by atoms with van der Waals surface area (Å²) in [6.45, 7) is 3.66. The summed E-state index contributed by atoms with van der Waals surface area (Å²) in [7, 11) is -1.86. The molecule has 2 aliphatic heterocycles. The van der Waals surface area contributed by atoms with Gasteiger partial charge in [0.05, 0.1) is 18.4 Å². The van der Waals surface area contributed by atoms with Crippen molar-refractivity contribution in [1.82, 2.24) is 4.90 Å². The number of aliphatic imine (C=N–C) groups is 1. The fraction of sp³-hybridized carbons (Fsp3) is 0.400. The summed E-state index contributed by atoms with van der Waals surface area (Å²) in [6, 6.07) is -0.466. The van der Waals surface area contributed by atoms with E-state index >= 15 is 0 Å². The van der Waals surface area contributed by atoms with Crippen LogP contribution in [-0.4, -0.2) is 52.8 Å². The topological polar surface area (TPSA) is 91.6 Å². The molecule has 23 heavy (non-hydrogen) atoms. The van der Waals surface area contributed by atoms with Crippen LogP contribution in [0.2, 0.25) is 0 Å². The van der Waals surface area contributed by atoms with Crippen LogP contribution in [0.15, 0.2) is 45.4 Å². The van der Waals surface area contributed by atoms with Gasteiger partial charge < -0.3 is 14.5 Å². The zero-order valence-corrected chi connectivity index (χ0v) is 14.0. The highest BCUT2D eigenvalue weighted by molar-refractivity contribution is 7.60. The van der Waals surface area contributed by atoms with E-state index in [2.05, 4.69) is 9.76 Å². The average Bonchev–Trinajstić information content (AvgIpc) is 2.71. The lowest BCUT2D eigenvalue weighted by atomic mass is 10.1. The lowest BCUT2D eigenvalue weighted by molar-refractivity contribution is -0.125. The molecule has 0 radical (unpaired) electrons. The highest BCUT2D eigenvalue weighted by atomic mass is 31.2. The highest BCUT2D eigenvalue weighted by Crippen LogP contribution is 2.57.